The van der Waals surface area contributed by atoms with Gasteiger partial charge in [-0.2, -0.15) is 5.10 Å². The van der Waals surface area contributed by atoms with E-state index in [9.17, 15) is 18.0 Å². The van der Waals surface area contributed by atoms with Gasteiger partial charge in [-0.15, -0.1) is 0 Å². The summed E-state index contributed by atoms with van der Waals surface area (Å²) in [7, 11) is -4.15. The molecule has 0 fully saturated rings. The monoisotopic (exact) mass is 644 g/mol. The zero-order chi connectivity index (χ0) is 30.1. The molecule has 4 rings (SSSR count). The zero-order valence-corrected chi connectivity index (χ0v) is 24.8. The summed E-state index contributed by atoms with van der Waals surface area (Å²) in [6.45, 7) is -0.826. The number of hydrogen-bond donors (Lipinski definition) is 2. The van der Waals surface area contributed by atoms with Crippen molar-refractivity contribution in [3.05, 3.63) is 118 Å². The highest BCUT2D eigenvalue weighted by Crippen LogP contribution is 2.32. The van der Waals surface area contributed by atoms with Crippen molar-refractivity contribution < 1.29 is 22.7 Å². The van der Waals surface area contributed by atoms with Crippen LogP contribution >= 0.6 is 34.8 Å². The standard InChI is InChI=1S/C29H23Cl3N4O5S/c30-21-12-15-27(25(32)16-21)36(42(39,40)23-6-2-1-3-7-23)18-28(37)35-33-17-20-10-13-22(14-11-20)41-19-29(38)34-26-9-5-4-8-24(26)31/h1-17H,18-19H2,(H,34,38)(H,35,37)/b33-17-. The Bertz CT molecular complexity index is 1700. The van der Waals surface area contributed by atoms with E-state index >= 15 is 0 Å². The second-order valence-electron chi connectivity index (χ2n) is 8.60. The molecule has 9 nitrogen and oxygen atoms in total. The first kappa shape index (κ1) is 30.9. The van der Waals surface area contributed by atoms with Crippen LogP contribution in [0.5, 0.6) is 5.75 Å². The largest absolute Gasteiger partial charge is 0.484 e. The summed E-state index contributed by atoms with van der Waals surface area (Å²) in [6, 6.07) is 25.4. The van der Waals surface area contributed by atoms with Crippen molar-refractivity contribution in [2.24, 2.45) is 5.10 Å². The van der Waals surface area contributed by atoms with Gasteiger partial charge in [0.25, 0.3) is 21.8 Å². The van der Waals surface area contributed by atoms with Gasteiger partial charge in [0.05, 0.1) is 32.5 Å². The third-order valence-corrected chi connectivity index (χ3v) is 8.24. The molecule has 0 aromatic heterocycles. The number of sulfonamides is 1. The number of nitrogens with zero attached hydrogens (tertiary/aromatic N) is 2. The Kier molecular flexibility index (Phi) is 10.4. The van der Waals surface area contributed by atoms with Gasteiger partial charge in [-0.25, -0.2) is 13.8 Å². The quantitative estimate of drug-likeness (QED) is 0.153. The molecule has 0 heterocycles. The molecule has 0 unspecified atom stereocenters. The minimum atomic E-state index is -4.15. The number of ether oxygens (including phenoxy) is 1. The Morgan fingerprint density at radius 3 is 2.21 bits per heavy atom. The number of para-hydroxylation sites is 1. The fourth-order valence-electron chi connectivity index (χ4n) is 3.60. The molecular formula is C29H23Cl3N4O5S. The molecule has 42 heavy (non-hydrogen) atoms. The molecule has 4 aromatic carbocycles. The normalized spacial score (nSPS) is 11.2. The molecule has 0 aliphatic rings. The smallest absolute Gasteiger partial charge is 0.264 e. The van der Waals surface area contributed by atoms with Crippen molar-refractivity contribution in [3.8, 4) is 5.75 Å². The summed E-state index contributed by atoms with van der Waals surface area (Å²) < 4.78 is 33.2. The first-order valence-corrected chi connectivity index (χ1v) is 14.8. The zero-order valence-electron chi connectivity index (χ0n) is 21.7. The third-order valence-electron chi connectivity index (χ3n) is 5.60. The number of halogens is 3. The van der Waals surface area contributed by atoms with E-state index in [0.717, 1.165) is 4.31 Å². The second-order valence-corrected chi connectivity index (χ2v) is 11.7. The predicted octanol–water partition coefficient (Wildman–Crippen LogP) is 6.01. The van der Waals surface area contributed by atoms with Gasteiger partial charge >= 0.3 is 0 Å². The average Bonchev–Trinajstić information content (AvgIpc) is 2.97. The number of carbonyl (C=O) groups is 2. The molecule has 0 saturated carbocycles. The van der Waals surface area contributed by atoms with Crippen LogP contribution in [-0.2, 0) is 19.6 Å². The third kappa shape index (κ3) is 8.23. The number of hydrazone groups is 1. The SMILES string of the molecule is O=C(CN(c1ccc(Cl)cc1Cl)S(=O)(=O)c1ccccc1)N/N=C\c1ccc(OCC(=O)Nc2ccccc2Cl)cc1. The van der Waals surface area contributed by atoms with Crippen LogP contribution in [0, 0.1) is 0 Å². The van der Waals surface area contributed by atoms with Crippen LogP contribution in [0.3, 0.4) is 0 Å². The van der Waals surface area contributed by atoms with Gasteiger partial charge in [0.1, 0.15) is 12.3 Å². The Morgan fingerprint density at radius 2 is 1.52 bits per heavy atom. The fraction of sp³-hybridized carbons (Fsp3) is 0.0690. The molecule has 2 amide bonds. The molecular weight excluding hydrogens is 623 g/mol. The number of rotatable bonds is 11. The van der Waals surface area contributed by atoms with Crippen molar-refractivity contribution in [2.45, 2.75) is 4.90 Å². The Morgan fingerprint density at radius 1 is 0.833 bits per heavy atom. The Labute approximate surface area is 257 Å². The summed E-state index contributed by atoms with van der Waals surface area (Å²) >= 11 is 18.3. The van der Waals surface area contributed by atoms with Crippen molar-refractivity contribution in [2.75, 3.05) is 22.8 Å². The highest BCUT2D eigenvalue weighted by atomic mass is 35.5. The van der Waals surface area contributed by atoms with Crippen LogP contribution in [0.4, 0.5) is 11.4 Å². The van der Waals surface area contributed by atoms with Crippen LogP contribution in [0.25, 0.3) is 0 Å². The van der Waals surface area contributed by atoms with Crippen molar-refractivity contribution in [3.63, 3.8) is 0 Å². The summed E-state index contributed by atoms with van der Waals surface area (Å²) in [5, 5.41) is 7.37. The van der Waals surface area contributed by atoms with E-state index in [-0.39, 0.29) is 28.1 Å². The van der Waals surface area contributed by atoms with E-state index in [0.29, 0.717) is 27.0 Å². The van der Waals surface area contributed by atoms with Gasteiger partial charge in [-0.3, -0.25) is 13.9 Å². The maximum Gasteiger partial charge on any atom is 0.264 e. The average molecular weight is 646 g/mol. The molecule has 0 bridgehead atoms. The van der Waals surface area contributed by atoms with E-state index in [1.807, 2.05) is 0 Å². The van der Waals surface area contributed by atoms with Gasteiger partial charge in [-0.05, 0) is 72.3 Å². The minimum Gasteiger partial charge on any atom is -0.484 e. The number of hydrogen-bond acceptors (Lipinski definition) is 6. The van der Waals surface area contributed by atoms with Crippen LogP contribution in [0.2, 0.25) is 15.1 Å². The number of amides is 2. The van der Waals surface area contributed by atoms with E-state index in [2.05, 4.69) is 15.8 Å². The van der Waals surface area contributed by atoms with E-state index in [1.165, 1.54) is 36.5 Å². The lowest BCUT2D eigenvalue weighted by Gasteiger charge is -2.24. The lowest BCUT2D eigenvalue weighted by molar-refractivity contribution is -0.119. The highest BCUT2D eigenvalue weighted by Gasteiger charge is 2.28. The van der Waals surface area contributed by atoms with Gasteiger partial charge in [-0.1, -0.05) is 65.1 Å². The molecule has 0 atom stereocenters. The molecule has 0 aliphatic carbocycles. The number of anilines is 2. The van der Waals surface area contributed by atoms with Gasteiger partial charge in [0.2, 0.25) is 0 Å². The molecule has 4 aromatic rings. The molecule has 2 N–H and O–H groups in total. The van der Waals surface area contributed by atoms with Gasteiger partial charge in [0, 0.05) is 5.02 Å². The van der Waals surface area contributed by atoms with E-state index in [4.69, 9.17) is 39.5 Å². The van der Waals surface area contributed by atoms with E-state index in [1.54, 1.807) is 66.7 Å². The molecule has 216 valence electrons. The van der Waals surface area contributed by atoms with Crippen LogP contribution in [0.15, 0.2) is 107 Å². The van der Waals surface area contributed by atoms with Crippen LogP contribution < -0.4 is 19.8 Å². The van der Waals surface area contributed by atoms with Crippen molar-refractivity contribution >= 4 is 74.2 Å². The van der Waals surface area contributed by atoms with Gasteiger partial charge in [0.15, 0.2) is 6.61 Å². The van der Waals surface area contributed by atoms with Crippen molar-refractivity contribution in [1.82, 2.24) is 5.43 Å². The molecule has 0 spiro atoms. The molecule has 13 heteroatoms. The lowest BCUT2D eigenvalue weighted by Crippen LogP contribution is -2.39. The van der Waals surface area contributed by atoms with Crippen molar-refractivity contribution in [1.29, 1.82) is 0 Å². The number of nitrogens with one attached hydrogen (secondary N) is 2. The second kappa shape index (κ2) is 14.2. The number of carbonyl (C=O) groups excluding carboxylic acids is 2. The Balaban J connectivity index is 1.36. The topological polar surface area (TPSA) is 117 Å². The Hall–Kier alpha value is -4.09. The van der Waals surface area contributed by atoms with Gasteiger partial charge < -0.3 is 10.1 Å². The van der Waals surface area contributed by atoms with Crippen LogP contribution in [0.1, 0.15) is 5.56 Å². The molecule has 0 aliphatic heterocycles. The minimum absolute atomic E-state index is 0.0176. The maximum absolute atomic E-state index is 13.4. The maximum atomic E-state index is 13.4. The van der Waals surface area contributed by atoms with Crippen LogP contribution in [-0.4, -0.2) is 39.6 Å². The number of benzene rings is 4. The molecule has 0 saturated heterocycles. The highest BCUT2D eigenvalue weighted by molar-refractivity contribution is 7.92. The lowest BCUT2D eigenvalue weighted by atomic mass is 10.2. The summed E-state index contributed by atoms with van der Waals surface area (Å²) in [4.78, 5) is 24.9. The predicted molar refractivity (Wildman–Crippen MR) is 165 cm³/mol. The summed E-state index contributed by atoms with van der Waals surface area (Å²) in [6.07, 6.45) is 1.37. The fourth-order valence-corrected chi connectivity index (χ4v) is 5.80. The van der Waals surface area contributed by atoms with E-state index < -0.39 is 22.5 Å². The summed E-state index contributed by atoms with van der Waals surface area (Å²) in [5.74, 6) is -0.645. The summed E-state index contributed by atoms with van der Waals surface area (Å²) in [5.41, 5.74) is 3.51. The first-order chi connectivity index (χ1) is 20.1. The first-order valence-electron chi connectivity index (χ1n) is 12.3. The molecule has 0 radical (unpaired) electrons.